The van der Waals surface area contributed by atoms with Gasteiger partial charge in [0.05, 0.1) is 18.9 Å². The summed E-state index contributed by atoms with van der Waals surface area (Å²) in [5, 5.41) is 0.784. The summed E-state index contributed by atoms with van der Waals surface area (Å²) in [4.78, 5) is 6.77. The summed E-state index contributed by atoms with van der Waals surface area (Å²) in [6, 6.07) is 0. The number of morpholine rings is 1. The number of hydrogen-bond donors (Lipinski definition) is 0. The predicted molar refractivity (Wildman–Crippen MR) is 77.8 cm³/mol. The lowest BCUT2D eigenvalue weighted by molar-refractivity contribution is -0.0158. The molecule has 0 aromatic carbocycles. The topological polar surface area (TPSA) is 38.5 Å². The molecule has 1 aromatic rings. The Morgan fingerprint density at radius 3 is 2.89 bits per heavy atom. The Morgan fingerprint density at radius 2 is 2.26 bits per heavy atom. The fraction of sp³-hybridized carbons (Fsp3) is 0.786. The predicted octanol–water partition coefficient (Wildman–Crippen LogP) is 2.78. The van der Waals surface area contributed by atoms with Gasteiger partial charge in [0.1, 0.15) is 5.76 Å². The minimum atomic E-state index is 0.0332. The minimum absolute atomic E-state index is 0.0332. The van der Waals surface area contributed by atoms with Gasteiger partial charge in [0, 0.05) is 30.8 Å². The first-order valence-electron chi connectivity index (χ1n) is 6.88. The standard InChI is InChI=1S/C14H24N2O2S/c1-11-10-16(5-7-17-11)6-8-19-13-15-9-12(18-13)14(2,3)4/h9,11H,5-8,10H2,1-4H3/t11-/m0/s1. The van der Waals surface area contributed by atoms with Gasteiger partial charge in [0.15, 0.2) is 0 Å². The molecule has 0 saturated carbocycles. The first-order chi connectivity index (χ1) is 8.95. The van der Waals surface area contributed by atoms with Crippen LogP contribution >= 0.6 is 11.8 Å². The molecule has 4 nitrogen and oxygen atoms in total. The summed E-state index contributed by atoms with van der Waals surface area (Å²) in [5.74, 6) is 1.96. The van der Waals surface area contributed by atoms with Crippen molar-refractivity contribution in [3.63, 3.8) is 0 Å². The Morgan fingerprint density at radius 1 is 1.47 bits per heavy atom. The summed E-state index contributed by atoms with van der Waals surface area (Å²) in [6.07, 6.45) is 2.20. The average Bonchev–Trinajstić information content (AvgIpc) is 2.77. The third-order valence-electron chi connectivity index (χ3n) is 3.18. The lowest BCUT2D eigenvalue weighted by atomic mass is 9.94. The molecular weight excluding hydrogens is 260 g/mol. The zero-order valence-corrected chi connectivity index (χ0v) is 13.1. The van der Waals surface area contributed by atoms with E-state index in [-0.39, 0.29) is 5.41 Å². The second-order valence-corrected chi connectivity index (χ2v) is 7.12. The van der Waals surface area contributed by atoms with Gasteiger partial charge in [-0.25, -0.2) is 4.98 Å². The highest BCUT2D eigenvalue weighted by Crippen LogP contribution is 2.26. The maximum Gasteiger partial charge on any atom is 0.255 e. The Hall–Kier alpha value is -0.520. The van der Waals surface area contributed by atoms with Gasteiger partial charge in [-0.3, -0.25) is 4.90 Å². The van der Waals surface area contributed by atoms with Gasteiger partial charge >= 0.3 is 0 Å². The molecule has 0 bridgehead atoms. The number of ether oxygens (including phenoxy) is 1. The van der Waals surface area contributed by atoms with Crippen molar-refractivity contribution in [1.82, 2.24) is 9.88 Å². The van der Waals surface area contributed by atoms with Gasteiger partial charge in [-0.15, -0.1) is 0 Å². The second kappa shape index (κ2) is 6.29. The van der Waals surface area contributed by atoms with Crippen LogP contribution in [0.2, 0.25) is 0 Å². The molecule has 108 valence electrons. The maximum atomic E-state index is 5.77. The fourth-order valence-electron chi connectivity index (χ4n) is 2.03. The normalized spacial score (nSPS) is 21.8. The largest absolute Gasteiger partial charge is 0.436 e. The van der Waals surface area contributed by atoms with E-state index in [0.29, 0.717) is 6.10 Å². The van der Waals surface area contributed by atoms with E-state index in [2.05, 4.69) is 37.6 Å². The summed E-state index contributed by atoms with van der Waals surface area (Å²) >= 11 is 1.69. The van der Waals surface area contributed by atoms with Crippen LogP contribution in [0.3, 0.4) is 0 Å². The zero-order valence-electron chi connectivity index (χ0n) is 12.3. The SMILES string of the molecule is C[C@H]1CN(CCSc2ncc(C(C)(C)C)o2)CCO1. The molecule has 2 rings (SSSR count). The Bertz CT molecular complexity index is 400. The van der Waals surface area contributed by atoms with Crippen LogP contribution in [0.1, 0.15) is 33.5 Å². The Kier molecular flexibility index (Phi) is 4.92. The molecule has 0 N–H and O–H groups in total. The summed E-state index contributed by atoms with van der Waals surface area (Å²) in [5.41, 5.74) is 0.0332. The highest BCUT2D eigenvalue weighted by atomic mass is 32.2. The highest BCUT2D eigenvalue weighted by Gasteiger charge is 2.20. The number of nitrogens with zero attached hydrogens (tertiary/aromatic N) is 2. The highest BCUT2D eigenvalue weighted by molar-refractivity contribution is 7.99. The van der Waals surface area contributed by atoms with Crippen LogP contribution in [-0.4, -0.2) is 48.0 Å². The molecule has 0 spiro atoms. The summed E-state index contributed by atoms with van der Waals surface area (Å²) in [7, 11) is 0. The molecule has 0 radical (unpaired) electrons. The van der Waals surface area contributed by atoms with E-state index in [4.69, 9.17) is 9.15 Å². The van der Waals surface area contributed by atoms with Crippen molar-refractivity contribution >= 4 is 11.8 Å². The van der Waals surface area contributed by atoms with Crippen molar-refractivity contribution in [3.05, 3.63) is 12.0 Å². The number of thioether (sulfide) groups is 1. The molecule has 5 heteroatoms. The molecule has 1 aliphatic rings. The lowest BCUT2D eigenvalue weighted by Crippen LogP contribution is -2.42. The molecule has 1 fully saturated rings. The van der Waals surface area contributed by atoms with Gasteiger partial charge in [0.2, 0.25) is 0 Å². The van der Waals surface area contributed by atoms with Crippen molar-refractivity contribution < 1.29 is 9.15 Å². The molecule has 1 atom stereocenters. The van der Waals surface area contributed by atoms with E-state index in [1.807, 2.05) is 6.20 Å². The van der Waals surface area contributed by atoms with Crippen LogP contribution < -0.4 is 0 Å². The molecular formula is C14H24N2O2S. The first-order valence-corrected chi connectivity index (χ1v) is 7.87. The molecule has 1 saturated heterocycles. The summed E-state index contributed by atoms with van der Waals surface area (Å²) < 4.78 is 11.3. The van der Waals surface area contributed by atoms with E-state index >= 15 is 0 Å². The third-order valence-corrected chi connectivity index (χ3v) is 4.00. The van der Waals surface area contributed by atoms with E-state index < -0.39 is 0 Å². The van der Waals surface area contributed by atoms with Crippen LogP contribution in [-0.2, 0) is 10.2 Å². The van der Waals surface area contributed by atoms with E-state index in [1.54, 1.807) is 11.8 Å². The number of rotatable bonds is 4. The van der Waals surface area contributed by atoms with E-state index in [9.17, 15) is 0 Å². The molecule has 1 aliphatic heterocycles. The maximum absolute atomic E-state index is 5.77. The fourth-order valence-corrected chi connectivity index (χ4v) is 2.83. The monoisotopic (exact) mass is 284 g/mol. The van der Waals surface area contributed by atoms with Crippen LogP contribution in [0, 0.1) is 0 Å². The van der Waals surface area contributed by atoms with Crippen LogP contribution in [0.5, 0.6) is 0 Å². The molecule has 1 aromatic heterocycles. The van der Waals surface area contributed by atoms with Gasteiger partial charge in [-0.05, 0) is 6.92 Å². The number of oxazole rings is 1. The Labute approximate surface area is 119 Å². The molecule has 0 unspecified atom stereocenters. The van der Waals surface area contributed by atoms with Crippen molar-refractivity contribution in [2.75, 3.05) is 32.0 Å². The van der Waals surface area contributed by atoms with Gasteiger partial charge in [-0.2, -0.15) is 0 Å². The van der Waals surface area contributed by atoms with Crippen molar-refractivity contribution in [3.8, 4) is 0 Å². The third kappa shape index (κ3) is 4.51. The number of aromatic nitrogens is 1. The lowest BCUT2D eigenvalue weighted by Gasteiger charge is -2.30. The smallest absolute Gasteiger partial charge is 0.255 e. The van der Waals surface area contributed by atoms with E-state index in [0.717, 1.165) is 43.0 Å². The number of hydrogen-bond acceptors (Lipinski definition) is 5. The van der Waals surface area contributed by atoms with Crippen molar-refractivity contribution in [2.45, 2.75) is 44.4 Å². The van der Waals surface area contributed by atoms with Crippen LogP contribution in [0.25, 0.3) is 0 Å². The van der Waals surface area contributed by atoms with Crippen molar-refractivity contribution in [2.24, 2.45) is 0 Å². The van der Waals surface area contributed by atoms with Gasteiger partial charge in [0.25, 0.3) is 5.22 Å². The second-order valence-electron chi connectivity index (χ2n) is 6.07. The molecule has 19 heavy (non-hydrogen) atoms. The van der Waals surface area contributed by atoms with E-state index in [1.165, 1.54) is 0 Å². The molecule has 2 heterocycles. The van der Waals surface area contributed by atoms with Gasteiger partial charge < -0.3 is 9.15 Å². The summed E-state index contributed by atoms with van der Waals surface area (Å²) in [6.45, 7) is 12.5. The van der Waals surface area contributed by atoms with Crippen LogP contribution in [0.15, 0.2) is 15.8 Å². The molecule has 0 amide bonds. The zero-order chi connectivity index (χ0) is 13.9. The molecule has 0 aliphatic carbocycles. The quantitative estimate of drug-likeness (QED) is 0.795. The Balaban J connectivity index is 1.75. The average molecular weight is 284 g/mol. The first kappa shape index (κ1) is 14.9. The minimum Gasteiger partial charge on any atom is -0.436 e. The van der Waals surface area contributed by atoms with Gasteiger partial charge in [-0.1, -0.05) is 32.5 Å². The van der Waals surface area contributed by atoms with Crippen molar-refractivity contribution in [1.29, 1.82) is 0 Å². The van der Waals surface area contributed by atoms with Crippen LogP contribution in [0.4, 0.5) is 0 Å².